The molecule has 0 amide bonds. The van der Waals surface area contributed by atoms with E-state index in [-0.39, 0.29) is 0 Å². The number of aromatic nitrogens is 2. The minimum atomic E-state index is 0.451. The molecule has 3 rings (SSSR count). The summed E-state index contributed by atoms with van der Waals surface area (Å²) in [5.41, 5.74) is 0. The molecule has 1 aliphatic rings. The first-order valence-electron chi connectivity index (χ1n) is 5.83. The van der Waals surface area contributed by atoms with E-state index in [1.165, 1.54) is 24.2 Å². The Labute approximate surface area is 114 Å². The number of anilines is 1. The van der Waals surface area contributed by atoms with Gasteiger partial charge in [-0.05, 0) is 25.0 Å². The Morgan fingerprint density at radius 3 is 2.94 bits per heavy atom. The molecule has 1 aliphatic carbocycles. The molecule has 0 aliphatic heterocycles. The molecule has 2 heterocycles. The van der Waals surface area contributed by atoms with Crippen LogP contribution in [0, 0.1) is 0 Å². The lowest BCUT2D eigenvalue weighted by Gasteiger charge is -1.98. The van der Waals surface area contributed by atoms with Gasteiger partial charge in [0.15, 0.2) is 0 Å². The predicted molar refractivity (Wildman–Crippen MR) is 70.8 cm³/mol. The van der Waals surface area contributed by atoms with Crippen molar-refractivity contribution in [1.29, 1.82) is 0 Å². The van der Waals surface area contributed by atoms with Crippen LogP contribution in [0.3, 0.4) is 0 Å². The third-order valence-corrected chi connectivity index (χ3v) is 3.86. The second-order valence-corrected chi connectivity index (χ2v) is 6.02. The number of hydrogen-bond acceptors (Lipinski definition) is 6. The van der Waals surface area contributed by atoms with Crippen molar-refractivity contribution in [2.75, 3.05) is 5.32 Å². The van der Waals surface area contributed by atoms with Gasteiger partial charge >= 0.3 is 6.01 Å². The molecule has 0 bridgehead atoms. The number of rotatable bonds is 6. The van der Waals surface area contributed by atoms with E-state index in [0.717, 1.165) is 9.21 Å². The van der Waals surface area contributed by atoms with Crippen molar-refractivity contribution in [2.24, 2.45) is 0 Å². The number of nitrogens with one attached hydrogen (secondary N) is 2. The van der Waals surface area contributed by atoms with Gasteiger partial charge in [-0.15, -0.1) is 16.4 Å². The molecule has 0 spiro atoms. The highest BCUT2D eigenvalue weighted by Gasteiger charge is 2.21. The quantitative estimate of drug-likeness (QED) is 0.854. The number of thiophene rings is 1. The van der Waals surface area contributed by atoms with Gasteiger partial charge in [-0.3, -0.25) is 0 Å². The summed E-state index contributed by atoms with van der Waals surface area (Å²) in [6.07, 6.45) is 2.50. The average molecular weight is 285 g/mol. The Hall–Kier alpha value is -1.11. The summed E-state index contributed by atoms with van der Waals surface area (Å²) in [6.45, 7) is 1.29. The molecule has 0 aromatic carbocycles. The van der Waals surface area contributed by atoms with Gasteiger partial charge in [0, 0.05) is 10.9 Å². The van der Waals surface area contributed by atoms with Crippen LogP contribution in [0.5, 0.6) is 0 Å². The molecule has 0 unspecified atom stereocenters. The Bertz CT molecular complexity index is 523. The van der Waals surface area contributed by atoms with Gasteiger partial charge < -0.3 is 15.1 Å². The molecule has 18 heavy (non-hydrogen) atoms. The van der Waals surface area contributed by atoms with Gasteiger partial charge in [0.2, 0.25) is 5.89 Å². The maximum atomic E-state index is 5.85. The van der Waals surface area contributed by atoms with E-state index < -0.39 is 0 Å². The maximum Gasteiger partial charge on any atom is 0.315 e. The molecule has 2 aromatic heterocycles. The van der Waals surface area contributed by atoms with Gasteiger partial charge in [-0.25, -0.2) is 0 Å². The summed E-state index contributed by atoms with van der Waals surface area (Å²) >= 11 is 7.39. The summed E-state index contributed by atoms with van der Waals surface area (Å²) < 4.78 is 6.25. The summed E-state index contributed by atoms with van der Waals surface area (Å²) in [5.74, 6) is 0.619. The Kier molecular flexibility index (Phi) is 3.49. The van der Waals surface area contributed by atoms with E-state index in [4.69, 9.17) is 16.0 Å². The zero-order valence-corrected chi connectivity index (χ0v) is 11.2. The van der Waals surface area contributed by atoms with Gasteiger partial charge in [0.25, 0.3) is 0 Å². The van der Waals surface area contributed by atoms with E-state index in [2.05, 4.69) is 20.8 Å². The number of halogens is 1. The van der Waals surface area contributed by atoms with Crippen LogP contribution in [0.1, 0.15) is 23.6 Å². The van der Waals surface area contributed by atoms with Crippen LogP contribution in [0.15, 0.2) is 16.5 Å². The van der Waals surface area contributed by atoms with Crippen molar-refractivity contribution in [2.45, 2.75) is 32.0 Å². The smallest absolute Gasteiger partial charge is 0.315 e. The fourth-order valence-electron chi connectivity index (χ4n) is 1.53. The summed E-state index contributed by atoms with van der Waals surface area (Å²) in [7, 11) is 0. The third-order valence-electron chi connectivity index (χ3n) is 2.63. The van der Waals surface area contributed by atoms with Gasteiger partial charge in [0.05, 0.1) is 17.4 Å². The molecule has 0 atom stereocenters. The van der Waals surface area contributed by atoms with Crippen molar-refractivity contribution in [3.8, 4) is 0 Å². The average Bonchev–Trinajstić information content (AvgIpc) is 2.93. The van der Waals surface area contributed by atoms with E-state index in [1.807, 2.05) is 12.1 Å². The SMILES string of the molecule is Clc1ccc(CNc2nnc(CNC3CC3)o2)s1. The minimum absolute atomic E-state index is 0.451. The van der Waals surface area contributed by atoms with Gasteiger partial charge in [0.1, 0.15) is 0 Å². The molecule has 0 radical (unpaired) electrons. The van der Waals surface area contributed by atoms with Crippen molar-refractivity contribution < 1.29 is 4.42 Å². The first-order chi connectivity index (χ1) is 8.79. The highest BCUT2D eigenvalue weighted by Crippen LogP contribution is 2.22. The standard InChI is InChI=1S/C11H13ClN4OS/c12-9-4-3-8(18-9)5-14-11-16-15-10(17-11)6-13-7-1-2-7/h3-4,7,13H,1-2,5-6H2,(H,14,16). The van der Waals surface area contributed by atoms with E-state index >= 15 is 0 Å². The van der Waals surface area contributed by atoms with Crippen LogP contribution in [0.2, 0.25) is 4.34 Å². The first-order valence-corrected chi connectivity index (χ1v) is 7.03. The van der Waals surface area contributed by atoms with Crippen LogP contribution in [0.4, 0.5) is 6.01 Å². The fraction of sp³-hybridized carbons (Fsp3) is 0.455. The molecule has 5 nitrogen and oxygen atoms in total. The molecular weight excluding hydrogens is 272 g/mol. The van der Waals surface area contributed by atoms with Crippen molar-refractivity contribution in [3.05, 3.63) is 27.2 Å². The third kappa shape index (κ3) is 3.22. The second kappa shape index (κ2) is 5.26. The summed E-state index contributed by atoms with van der Waals surface area (Å²) in [6, 6.07) is 4.95. The van der Waals surface area contributed by atoms with Crippen LogP contribution in [-0.4, -0.2) is 16.2 Å². The van der Waals surface area contributed by atoms with Crippen LogP contribution < -0.4 is 10.6 Å². The van der Waals surface area contributed by atoms with E-state index in [1.54, 1.807) is 0 Å². The Morgan fingerprint density at radius 1 is 1.33 bits per heavy atom. The lowest BCUT2D eigenvalue weighted by atomic mass is 10.5. The zero-order chi connectivity index (χ0) is 12.4. The van der Waals surface area contributed by atoms with Crippen molar-refractivity contribution >= 4 is 29.0 Å². The second-order valence-electron chi connectivity index (χ2n) is 4.22. The topological polar surface area (TPSA) is 63.0 Å². The monoisotopic (exact) mass is 284 g/mol. The zero-order valence-electron chi connectivity index (χ0n) is 9.65. The molecule has 0 saturated heterocycles. The Balaban J connectivity index is 1.49. The largest absolute Gasteiger partial charge is 0.407 e. The van der Waals surface area contributed by atoms with E-state index in [9.17, 15) is 0 Å². The van der Waals surface area contributed by atoms with Crippen molar-refractivity contribution in [1.82, 2.24) is 15.5 Å². The molecule has 2 aromatic rings. The minimum Gasteiger partial charge on any atom is -0.407 e. The van der Waals surface area contributed by atoms with Crippen LogP contribution in [-0.2, 0) is 13.1 Å². The summed E-state index contributed by atoms with van der Waals surface area (Å²) in [5, 5.41) is 14.3. The molecule has 1 fully saturated rings. The van der Waals surface area contributed by atoms with Gasteiger partial charge in [-0.1, -0.05) is 16.7 Å². The van der Waals surface area contributed by atoms with E-state index in [0.29, 0.717) is 31.0 Å². The first kappa shape index (κ1) is 12.0. The molecule has 7 heteroatoms. The molecule has 1 saturated carbocycles. The molecule has 2 N–H and O–H groups in total. The fourth-order valence-corrected chi connectivity index (χ4v) is 2.55. The van der Waals surface area contributed by atoms with Gasteiger partial charge in [-0.2, -0.15) is 0 Å². The highest BCUT2D eigenvalue weighted by molar-refractivity contribution is 7.16. The normalized spacial score (nSPS) is 14.9. The predicted octanol–water partition coefficient (Wildman–Crippen LogP) is 2.65. The lowest BCUT2D eigenvalue weighted by Crippen LogP contribution is -2.15. The van der Waals surface area contributed by atoms with Crippen molar-refractivity contribution in [3.63, 3.8) is 0 Å². The lowest BCUT2D eigenvalue weighted by molar-refractivity contribution is 0.476. The molecule has 96 valence electrons. The highest BCUT2D eigenvalue weighted by atomic mass is 35.5. The Morgan fingerprint density at radius 2 is 2.22 bits per heavy atom. The maximum absolute atomic E-state index is 5.85. The van der Waals surface area contributed by atoms with Crippen LogP contribution >= 0.6 is 22.9 Å². The number of hydrogen-bond donors (Lipinski definition) is 2. The number of nitrogens with zero attached hydrogens (tertiary/aromatic N) is 2. The molecular formula is C11H13ClN4OS. The summed E-state index contributed by atoms with van der Waals surface area (Å²) in [4.78, 5) is 1.14. The van der Waals surface area contributed by atoms with Crippen LogP contribution in [0.25, 0.3) is 0 Å².